The predicted molar refractivity (Wildman–Crippen MR) is 76.4 cm³/mol. The van der Waals surface area contributed by atoms with Crippen LogP contribution >= 0.6 is 0 Å². The van der Waals surface area contributed by atoms with E-state index >= 15 is 0 Å². The highest BCUT2D eigenvalue weighted by atomic mass is 19.1. The molecule has 3 N–H and O–H groups in total. The van der Waals surface area contributed by atoms with E-state index in [4.69, 9.17) is 10.5 Å². The molecule has 0 aliphatic carbocycles. The molecule has 2 aromatic rings. The molecule has 4 atom stereocenters. The van der Waals surface area contributed by atoms with E-state index < -0.39 is 24.1 Å². The third-order valence-corrected chi connectivity index (χ3v) is 4.04. The Hall–Kier alpha value is -1.73. The molecule has 6 nitrogen and oxygen atoms in total. The number of nitrogens with two attached hydrogens (primary N) is 1. The third-order valence-electron chi connectivity index (χ3n) is 4.04. The normalized spacial score (nSPS) is 30.9. The summed E-state index contributed by atoms with van der Waals surface area (Å²) in [5.74, 6) is 0.363. The van der Waals surface area contributed by atoms with Gasteiger partial charge in [-0.15, -0.1) is 0 Å². The number of hydrogen-bond donors (Lipinski definition) is 2. The molecular weight excluding hydrogens is 275 g/mol. The zero-order valence-electron chi connectivity index (χ0n) is 12.2. The van der Waals surface area contributed by atoms with Crippen molar-refractivity contribution in [3.63, 3.8) is 0 Å². The van der Waals surface area contributed by atoms with Crippen LogP contribution in [-0.4, -0.2) is 37.5 Å². The van der Waals surface area contributed by atoms with Gasteiger partial charge in [0.1, 0.15) is 17.8 Å². The number of alkyl halides is 1. The Morgan fingerprint density at radius 3 is 2.90 bits per heavy atom. The second-order valence-corrected chi connectivity index (χ2v) is 5.93. The molecule has 7 heteroatoms. The number of aromatic nitrogens is 3. The quantitative estimate of drug-likeness (QED) is 0.880. The molecule has 114 valence electrons. The van der Waals surface area contributed by atoms with Gasteiger partial charge in [0.15, 0.2) is 11.9 Å². The fraction of sp³-hybridized carbons (Fsp3) is 0.571. The van der Waals surface area contributed by atoms with Gasteiger partial charge in [0.25, 0.3) is 0 Å². The van der Waals surface area contributed by atoms with Crippen molar-refractivity contribution in [1.82, 2.24) is 14.5 Å². The van der Waals surface area contributed by atoms with Crippen LogP contribution in [0.25, 0.3) is 11.0 Å². The number of halogens is 1. The van der Waals surface area contributed by atoms with Crippen LogP contribution in [0.4, 0.5) is 10.2 Å². The Bertz CT molecular complexity index is 683. The van der Waals surface area contributed by atoms with Crippen LogP contribution in [0.15, 0.2) is 12.5 Å². The number of fused-ring (bicyclic) bond motifs is 1. The zero-order chi connectivity index (χ0) is 15.4. The molecule has 0 saturated carbocycles. The van der Waals surface area contributed by atoms with Crippen LogP contribution in [-0.2, 0) is 4.74 Å². The van der Waals surface area contributed by atoms with Gasteiger partial charge in [0.2, 0.25) is 0 Å². The van der Waals surface area contributed by atoms with Crippen molar-refractivity contribution in [3.8, 4) is 0 Å². The Kier molecular flexibility index (Phi) is 3.14. The van der Waals surface area contributed by atoms with E-state index in [1.165, 1.54) is 13.3 Å². The SMILES string of the molecule is Cc1cn([C@@H]2O[C@H](C(C)O)C[C@@]2(C)F)c2ncnc(N)c12. The molecule has 21 heavy (non-hydrogen) atoms. The van der Waals surface area contributed by atoms with Gasteiger partial charge in [-0.25, -0.2) is 14.4 Å². The molecule has 0 amide bonds. The Morgan fingerprint density at radius 2 is 2.29 bits per heavy atom. The molecule has 1 unspecified atom stereocenters. The van der Waals surface area contributed by atoms with Crippen molar-refractivity contribution in [2.24, 2.45) is 0 Å². The average Bonchev–Trinajstić information content (AvgIpc) is 2.88. The van der Waals surface area contributed by atoms with E-state index in [1.54, 1.807) is 17.7 Å². The second-order valence-electron chi connectivity index (χ2n) is 5.93. The minimum absolute atomic E-state index is 0.134. The fourth-order valence-corrected chi connectivity index (χ4v) is 2.97. The molecule has 1 saturated heterocycles. The highest BCUT2D eigenvalue weighted by molar-refractivity contribution is 5.89. The van der Waals surface area contributed by atoms with Crippen molar-refractivity contribution < 1.29 is 14.2 Å². The first-order valence-corrected chi connectivity index (χ1v) is 6.91. The van der Waals surface area contributed by atoms with Crippen LogP contribution in [0.5, 0.6) is 0 Å². The van der Waals surface area contributed by atoms with Gasteiger partial charge in [0.05, 0.1) is 17.6 Å². The lowest BCUT2D eigenvalue weighted by Crippen LogP contribution is -2.27. The fourth-order valence-electron chi connectivity index (χ4n) is 2.97. The zero-order valence-corrected chi connectivity index (χ0v) is 12.2. The average molecular weight is 294 g/mol. The molecule has 0 spiro atoms. The van der Waals surface area contributed by atoms with Crippen LogP contribution in [0.1, 0.15) is 32.1 Å². The molecule has 2 aromatic heterocycles. The van der Waals surface area contributed by atoms with Crippen LogP contribution in [0.3, 0.4) is 0 Å². The summed E-state index contributed by atoms with van der Waals surface area (Å²) >= 11 is 0. The number of hydrogen-bond acceptors (Lipinski definition) is 5. The summed E-state index contributed by atoms with van der Waals surface area (Å²) in [6.45, 7) is 4.95. The van der Waals surface area contributed by atoms with Crippen LogP contribution in [0.2, 0.25) is 0 Å². The van der Waals surface area contributed by atoms with E-state index in [0.29, 0.717) is 16.9 Å². The molecule has 0 radical (unpaired) electrons. The number of nitrogens with zero attached hydrogens (tertiary/aromatic N) is 3. The van der Waals surface area contributed by atoms with E-state index in [1.807, 2.05) is 6.92 Å². The summed E-state index contributed by atoms with van der Waals surface area (Å²) in [6, 6.07) is 0. The largest absolute Gasteiger partial charge is 0.391 e. The van der Waals surface area contributed by atoms with Crippen LogP contribution < -0.4 is 5.73 Å². The number of aliphatic hydroxyl groups is 1. The lowest BCUT2D eigenvalue weighted by molar-refractivity contribution is -0.0750. The predicted octanol–water partition coefficient (Wildman–Crippen LogP) is 1.72. The first kappa shape index (κ1) is 14.2. The number of nitrogen functional groups attached to an aromatic ring is 1. The maximum Gasteiger partial charge on any atom is 0.169 e. The summed E-state index contributed by atoms with van der Waals surface area (Å²) in [7, 11) is 0. The molecule has 1 aliphatic heterocycles. The van der Waals surface area contributed by atoms with Crippen LogP contribution in [0, 0.1) is 6.92 Å². The summed E-state index contributed by atoms with van der Waals surface area (Å²) in [6.07, 6.45) is 1.14. The van der Waals surface area contributed by atoms with Crippen molar-refractivity contribution in [2.45, 2.75) is 51.3 Å². The Morgan fingerprint density at radius 1 is 1.57 bits per heavy atom. The number of aryl methyl sites for hydroxylation is 1. The van der Waals surface area contributed by atoms with E-state index in [9.17, 15) is 9.50 Å². The van der Waals surface area contributed by atoms with Gasteiger partial charge in [-0.05, 0) is 26.3 Å². The smallest absolute Gasteiger partial charge is 0.169 e. The van der Waals surface area contributed by atoms with E-state index in [2.05, 4.69) is 9.97 Å². The maximum atomic E-state index is 14.9. The van der Waals surface area contributed by atoms with Gasteiger partial charge in [-0.1, -0.05) is 0 Å². The van der Waals surface area contributed by atoms with Gasteiger partial charge in [-0.2, -0.15) is 0 Å². The van der Waals surface area contributed by atoms with Crippen molar-refractivity contribution >= 4 is 16.9 Å². The monoisotopic (exact) mass is 294 g/mol. The van der Waals surface area contributed by atoms with Gasteiger partial charge in [0, 0.05) is 12.6 Å². The molecule has 1 aliphatic rings. The highest BCUT2D eigenvalue weighted by Crippen LogP contribution is 2.43. The van der Waals surface area contributed by atoms with Crippen molar-refractivity contribution in [1.29, 1.82) is 0 Å². The van der Waals surface area contributed by atoms with E-state index in [0.717, 1.165) is 5.56 Å². The minimum atomic E-state index is -1.60. The maximum absolute atomic E-state index is 14.9. The third kappa shape index (κ3) is 2.16. The standard InChI is InChI=1S/C14H19FN4O2/c1-7-5-19(12-10(7)11(16)17-6-18-12)13-14(3,15)4-9(21-13)8(2)20/h5-6,8-9,13,20H,4H2,1-3H3,(H2,16,17,18)/t8?,9-,13+,14+/m0/s1. The highest BCUT2D eigenvalue weighted by Gasteiger charge is 2.48. The molecular formula is C14H19FN4O2. The summed E-state index contributed by atoms with van der Waals surface area (Å²) in [4.78, 5) is 8.17. The van der Waals surface area contributed by atoms with Gasteiger partial charge < -0.3 is 20.1 Å². The summed E-state index contributed by atoms with van der Waals surface area (Å²) < 4.78 is 22.2. The number of ether oxygens (including phenoxy) is 1. The topological polar surface area (TPSA) is 86.2 Å². The first-order chi connectivity index (χ1) is 9.81. The second kappa shape index (κ2) is 4.64. The van der Waals surface area contributed by atoms with Gasteiger partial charge in [-0.3, -0.25) is 0 Å². The molecule has 3 rings (SSSR count). The number of aliphatic hydroxyl groups excluding tert-OH is 1. The minimum Gasteiger partial charge on any atom is -0.391 e. The summed E-state index contributed by atoms with van der Waals surface area (Å²) in [5, 5.41) is 10.4. The van der Waals surface area contributed by atoms with E-state index in [-0.39, 0.29) is 6.42 Å². The Balaban J connectivity index is 2.11. The molecule has 0 aromatic carbocycles. The molecule has 3 heterocycles. The van der Waals surface area contributed by atoms with Gasteiger partial charge >= 0.3 is 0 Å². The molecule has 0 bridgehead atoms. The number of anilines is 1. The lowest BCUT2D eigenvalue weighted by Gasteiger charge is -2.23. The Labute approximate surface area is 121 Å². The molecule has 1 fully saturated rings. The first-order valence-electron chi connectivity index (χ1n) is 6.91. The lowest BCUT2D eigenvalue weighted by atomic mass is 10.00. The van der Waals surface area contributed by atoms with Crippen molar-refractivity contribution in [2.75, 3.05) is 5.73 Å². The van der Waals surface area contributed by atoms with Crippen molar-refractivity contribution in [3.05, 3.63) is 18.1 Å². The summed E-state index contributed by atoms with van der Waals surface area (Å²) in [5.41, 5.74) is 5.68. The number of rotatable bonds is 2.